The zero-order valence-corrected chi connectivity index (χ0v) is 14.7. The largest absolute Gasteiger partial charge is 0.508 e. The molecule has 0 atom stereocenters. The zero-order valence-electron chi connectivity index (χ0n) is 14.0. The van der Waals surface area contributed by atoms with E-state index in [1.165, 1.54) is 6.07 Å². The van der Waals surface area contributed by atoms with E-state index >= 15 is 0 Å². The molecule has 0 bridgehead atoms. The van der Waals surface area contributed by atoms with E-state index in [9.17, 15) is 5.11 Å². The van der Waals surface area contributed by atoms with Crippen LogP contribution in [0, 0.1) is 6.92 Å². The summed E-state index contributed by atoms with van der Waals surface area (Å²) in [5, 5.41) is 19.9. The molecule has 0 aliphatic heterocycles. The minimum atomic E-state index is 0.119. The number of hydrogen-bond acceptors (Lipinski definition) is 3. The molecule has 0 radical (unpaired) electrons. The van der Waals surface area contributed by atoms with Crippen LogP contribution in [-0.4, -0.2) is 10.3 Å². The molecule has 5 aromatic rings. The standard InChI is InChI=1S/C22H14ClNO2/c1-12-5-4-8-15-14-6-2-3-7-16(14)21-20(19(12)15)22(26-24-21)17-10-9-13(25)11-18(17)23/h2-11,25H,1H3. The molecule has 4 aromatic carbocycles. The number of nitrogens with zero attached hydrogens (tertiary/aromatic N) is 1. The first-order valence-corrected chi connectivity index (χ1v) is 8.71. The van der Waals surface area contributed by atoms with Gasteiger partial charge in [0.15, 0.2) is 5.76 Å². The summed E-state index contributed by atoms with van der Waals surface area (Å²) in [4.78, 5) is 0. The smallest absolute Gasteiger partial charge is 0.176 e. The first-order valence-electron chi connectivity index (χ1n) is 8.33. The Morgan fingerprint density at radius 2 is 1.65 bits per heavy atom. The van der Waals surface area contributed by atoms with Gasteiger partial charge in [-0.25, -0.2) is 0 Å². The third kappa shape index (κ3) is 2.04. The van der Waals surface area contributed by atoms with Gasteiger partial charge in [-0.1, -0.05) is 59.2 Å². The number of phenols is 1. The quantitative estimate of drug-likeness (QED) is 0.349. The molecule has 126 valence electrons. The number of hydrogen-bond donors (Lipinski definition) is 1. The van der Waals surface area contributed by atoms with Gasteiger partial charge >= 0.3 is 0 Å². The molecule has 3 nitrogen and oxygen atoms in total. The molecular formula is C22H14ClNO2. The fourth-order valence-electron chi connectivity index (χ4n) is 3.73. The molecule has 0 aliphatic carbocycles. The molecule has 1 heterocycles. The Balaban J connectivity index is 2.04. The number of aromatic nitrogens is 1. The van der Waals surface area contributed by atoms with Crippen molar-refractivity contribution in [1.82, 2.24) is 5.16 Å². The molecule has 1 aromatic heterocycles. The van der Waals surface area contributed by atoms with Gasteiger partial charge in [0.25, 0.3) is 0 Å². The van der Waals surface area contributed by atoms with Crippen molar-refractivity contribution in [2.24, 2.45) is 0 Å². The second-order valence-electron chi connectivity index (χ2n) is 6.44. The van der Waals surface area contributed by atoms with Gasteiger partial charge in [0.1, 0.15) is 11.3 Å². The molecular weight excluding hydrogens is 346 g/mol. The Hall–Kier alpha value is -3.04. The van der Waals surface area contributed by atoms with E-state index in [2.05, 4.69) is 42.4 Å². The van der Waals surface area contributed by atoms with Crippen molar-refractivity contribution in [3.05, 3.63) is 71.2 Å². The summed E-state index contributed by atoms with van der Waals surface area (Å²) in [7, 11) is 0. The number of aromatic hydroxyl groups is 1. The van der Waals surface area contributed by atoms with Crippen molar-refractivity contribution in [2.45, 2.75) is 6.92 Å². The third-order valence-corrected chi connectivity index (χ3v) is 5.20. The topological polar surface area (TPSA) is 46.3 Å². The Bertz CT molecular complexity index is 1320. The Morgan fingerprint density at radius 1 is 0.885 bits per heavy atom. The van der Waals surface area contributed by atoms with Gasteiger partial charge in [0.2, 0.25) is 0 Å². The zero-order chi connectivity index (χ0) is 17.8. The normalized spacial score (nSPS) is 11.6. The highest BCUT2D eigenvalue weighted by Crippen LogP contribution is 2.43. The van der Waals surface area contributed by atoms with Gasteiger partial charge < -0.3 is 9.63 Å². The summed E-state index contributed by atoms with van der Waals surface area (Å²) < 4.78 is 5.78. The van der Waals surface area contributed by atoms with Crippen LogP contribution in [0.5, 0.6) is 5.75 Å². The van der Waals surface area contributed by atoms with Crippen molar-refractivity contribution in [1.29, 1.82) is 0 Å². The van der Waals surface area contributed by atoms with E-state index in [0.717, 1.165) is 38.0 Å². The van der Waals surface area contributed by atoms with Crippen molar-refractivity contribution in [3.8, 4) is 17.1 Å². The second-order valence-corrected chi connectivity index (χ2v) is 6.85. The molecule has 26 heavy (non-hydrogen) atoms. The summed E-state index contributed by atoms with van der Waals surface area (Å²) in [5.74, 6) is 0.740. The van der Waals surface area contributed by atoms with E-state index in [-0.39, 0.29) is 5.75 Å². The van der Waals surface area contributed by atoms with Gasteiger partial charge in [0.05, 0.1) is 10.4 Å². The first kappa shape index (κ1) is 15.2. The Morgan fingerprint density at radius 3 is 2.46 bits per heavy atom. The van der Waals surface area contributed by atoms with Crippen LogP contribution in [0.15, 0.2) is 65.2 Å². The molecule has 5 rings (SSSR count). The molecule has 0 saturated heterocycles. The summed E-state index contributed by atoms with van der Waals surface area (Å²) in [6.45, 7) is 2.09. The fourth-order valence-corrected chi connectivity index (χ4v) is 3.99. The summed E-state index contributed by atoms with van der Waals surface area (Å²) in [5.41, 5.74) is 2.69. The monoisotopic (exact) mass is 359 g/mol. The number of fused-ring (bicyclic) bond motifs is 6. The average molecular weight is 360 g/mol. The van der Waals surface area contributed by atoms with Crippen molar-refractivity contribution >= 4 is 44.0 Å². The van der Waals surface area contributed by atoms with Crippen LogP contribution in [0.4, 0.5) is 0 Å². The van der Waals surface area contributed by atoms with Crippen LogP contribution < -0.4 is 0 Å². The van der Waals surface area contributed by atoms with E-state index in [1.807, 2.05) is 12.1 Å². The molecule has 0 aliphatic rings. The maximum absolute atomic E-state index is 9.67. The van der Waals surface area contributed by atoms with Crippen LogP contribution in [-0.2, 0) is 0 Å². The van der Waals surface area contributed by atoms with Crippen LogP contribution in [0.1, 0.15) is 5.56 Å². The lowest BCUT2D eigenvalue weighted by molar-refractivity contribution is 0.441. The van der Waals surface area contributed by atoms with Crippen LogP contribution in [0.25, 0.3) is 43.8 Å². The van der Waals surface area contributed by atoms with E-state index < -0.39 is 0 Å². The number of benzene rings is 4. The molecule has 0 unspecified atom stereocenters. The maximum atomic E-state index is 9.67. The lowest BCUT2D eigenvalue weighted by Crippen LogP contribution is -1.86. The fraction of sp³-hybridized carbons (Fsp3) is 0.0455. The predicted molar refractivity (Wildman–Crippen MR) is 106 cm³/mol. The van der Waals surface area contributed by atoms with E-state index in [4.69, 9.17) is 16.1 Å². The van der Waals surface area contributed by atoms with Crippen LogP contribution in [0.2, 0.25) is 5.02 Å². The highest BCUT2D eigenvalue weighted by Gasteiger charge is 2.20. The SMILES string of the molecule is Cc1cccc2c3ccccc3c3noc(-c4ccc(O)cc4Cl)c3c12. The maximum Gasteiger partial charge on any atom is 0.176 e. The second kappa shape index (κ2) is 5.48. The lowest BCUT2D eigenvalue weighted by Gasteiger charge is -2.09. The van der Waals surface area contributed by atoms with Gasteiger partial charge in [0, 0.05) is 10.9 Å². The first-order chi connectivity index (χ1) is 12.6. The van der Waals surface area contributed by atoms with Gasteiger partial charge in [-0.2, -0.15) is 0 Å². The van der Waals surface area contributed by atoms with E-state index in [1.54, 1.807) is 12.1 Å². The molecule has 4 heteroatoms. The van der Waals surface area contributed by atoms with Gasteiger partial charge in [-0.05, 0) is 46.8 Å². The Labute approximate surface area is 154 Å². The summed E-state index contributed by atoms with van der Waals surface area (Å²) >= 11 is 6.38. The molecule has 0 spiro atoms. The van der Waals surface area contributed by atoms with Crippen LogP contribution >= 0.6 is 11.6 Å². The highest BCUT2D eigenvalue weighted by atomic mass is 35.5. The number of phenolic OH excluding ortho intramolecular Hbond substituents is 1. The van der Waals surface area contributed by atoms with Gasteiger partial charge in [-0.15, -0.1) is 0 Å². The lowest BCUT2D eigenvalue weighted by atomic mass is 9.93. The summed E-state index contributed by atoms with van der Waals surface area (Å²) in [6.07, 6.45) is 0. The van der Waals surface area contributed by atoms with E-state index in [0.29, 0.717) is 16.3 Å². The molecule has 0 fully saturated rings. The molecule has 1 N–H and O–H groups in total. The highest BCUT2D eigenvalue weighted by molar-refractivity contribution is 6.35. The summed E-state index contributed by atoms with van der Waals surface area (Å²) in [6, 6.07) is 19.4. The average Bonchev–Trinajstić information content (AvgIpc) is 3.07. The molecule has 0 amide bonds. The van der Waals surface area contributed by atoms with Crippen molar-refractivity contribution < 1.29 is 9.63 Å². The number of halogens is 1. The number of rotatable bonds is 1. The minimum absolute atomic E-state index is 0.119. The third-order valence-electron chi connectivity index (χ3n) is 4.88. The number of aryl methyl sites for hydroxylation is 1. The van der Waals surface area contributed by atoms with Crippen molar-refractivity contribution in [3.63, 3.8) is 0 Å². The van der Waals surface area contributed by atoms with Crippen LogP contribution in [0.3, 0.4) is 0 Å². The predicted octanol–water partition coefficient (Wildman–Crippen LogP) is 6.47. The molecule has 0 saturated carbocycles. The van der Waals surface area contributed by atoms with Gasteiger partial charge in [-0.3, -0.25) is 0 Å². The Kier molecular flexibility index (Phi) is 3.21. The van der Waals surface area contributed by atoms with Crippen molar-refractivity contribution in [2.75, 3.05) is 0 Å². The minimum Gasteiger partial charge on any atom is -0.508 e.